The van der Waals surface area contributed by atoms with Crippen LogP contribution < -0.4 is 10.1 Å². The number of ether oxygens (including phenoxy) is 2. The smallest absolute Gasteiger partial charge is 0.342 e. The molecule has 0 heterocycles. The predicted molar refractivity (Wildman–Crippen MR) is 94.0 cm³/mol. The van der Waals surface area contributed by atoms with Crippen molar-refractivity contribution in [3.8, 4) is 5.75 Å². The van der Waals surface area contributed by atoms with E-state index in [4.69, 9.17) is 9.47 Å². The van der Waals surface area contributed by atoms with Crippen LogP contribution in [0, 0.1) is 0 Å². The number of carbonyl (C=O) groups is 2. The van der Waals surface area contributed by atoms with Gasteiger partial charge in [-0.2, -0.15) is 0 Å². The Bertz CT molecular complexity index is 732. The molecule has 0 radical (unpaired) electrons. The van der Waals surface area contributed by atoms with Crippen LogP contribution in [0.5, 0.6) is 5.75 Å². The monoisotopic (exact) mass is 391 g/mol. The van der Waals surface area contributed by atoms with Gasteiger partial charge in [0.2, 0.25) is 0 Å². The van der Waals surface area contributed by atoms with Crippen molar-refractivity contribution in [2.75, 3.05) is 13.7 Å². The van der Waals surface area contributed by atoms with Crippen LogP contribution >= 0.6 is 15.9 Å². The highest BCUT2D eigenvalue weighted by molar-refractivity contribution is 9.10. The lowest BCUT2D eigenvalue weighted by atomic mass is 10.1. The van der Waals surface area contributed by atoms with Gasteiger partial charge in [0.15, 0.2) is 6.61 Å². The minimum absolute atomic E-state index is 0.210. The van der Waals surface area contributed by atoms with Gasteiger partial charge in [0.1, 0.15) is 11.3 Å². The van der Waals surface area contributed by atoms with Gasteiger partial charge in [-0.05, 0) is 30.7 Å². The number of nitrogens with one attached hydrogen (secondary N) is 1. The molecule has 0 aromatic heterocycles. The van der Waals surface area contributed by atoms with E-state index in [-0.39, 0.29) is 24.1 Å². The van der Waals surface area contributed by atoms with Crippen molar-refractivity contribution in [3.05, 3.63) is 64.1 Å². The normalized spacial score (nSPS) is 11.5. The van der Waals surface area contributed by atoms with Crippen LogP contribution in [-0.2, 0) is 9.53 Å². The fourth-order valence-corrected chi connectivity index (χ4v) is 2.84. The Morgan fingerprint density at radius 1 is 1.12 bits per heavy atom. The van der Waals surface area contributed by atoms with E-state index in [9.17, 15) is 9.59 Å². The summed E-state index contributed by atoms with van der Waals surface area (Å²) in [4.78, 5) is 24.0. The van der Waals surface area contributed by atoms with Crippen molar-refractivity contribution < 1.29 is 19.1 Å². The number of amides is 1. The topological polar surface area (TPSA) is 64.6 Å². The number of hydrogen-bond donors (Lipinski definition) is 1. The van der Waals surface area contributed by atoms with Gasteiger partial charge >= 0.3 is 5.97 Å². The molecule has 0 saturated heterocycles. The molecule has 2 aromatic rings. The number of halogens is 1. The van der Waals surface area contributed by atoms with Gasteiger partial charge in [0.25, 0.3) is 5.91 Å². The van der Waals surface area contributed by atoms with Gasteiger partial charge < -0.3 is 14.8 Å². The first kappa shape index (κ1) is 18.0. The number of esters is 1. The molecule has 0 saturated carbocycles. The van der Waals surface area contributed by atoms with E-state index in [1.165, 1.54) is 7.11 Å². The van der Waals surface area contributed by atoms with Crippen LogP contribution in [0.3, 0.4) is 0 Å². The van der Waals surface area contributed by atoms with Gasteiger partial charge in [-0.3, -0.25) is 4.79 Å². The molecular weight excluding hydrogens is 374 g/mol. The number of rotatable bonds is 6. The molecule has 0 spiro atoms. The second-order valence-electron chi connectivity index (χ2n) is 5.09. The van der Waals surface area contributed by atoms with Crippen LogP contribution in [0.15, 0.2) is 53.0 Å². The largest absolute Gasteiger partial charge is 0.496 e. The number of hydrogen-bond acceptors (Lipinski definition) is 4. The van der Waals surface area contributed by atoms with Gasteiger partial charge in [-0.1, -0.05) is 46.3 Å². The van der Waals surface area contributed by atoms with Crippen molar-refractivity contribution in [1.29, 1.82) is 0 Å². The minimum Gasteiger partial charge on any atom is -0.496 e. The van der Waals surface area contributed by atoms with Crippen molar-refractivity contribution in [2.24, 2.45) is 0 Å². The molecule has 0 aliphatic rings. The minimum atomic E-state index is -0.601. The molecule has 5 nitrogen and oxygen atoms in total. The average molecular weight is 392 g/mol. The Kier molecular flexibility index (Phi) is 6.37. The van der Waals surface area contributed by atoms with Crippen LogP contribution in [0.25, 0.3) is 0 Å². The summed E-state index contributed by atoms with van der Waals surface area (Å²) in [5.41, 5.74) is 1.23. The first-order chi connectivity index (χ1) is 11.5. The van der Waals surface area contributed by atoms with Gasteiger partial charge in [-0.25, -0.2) is 4.79 Å². The van der Waals surface area contributed by atoms with Crippen LogP contribution in [0.1, 0.15) is 28.9 Å². The molecule has 0 bridgehead atoms. The molecule has 0 unspecified atom stereocenters. The molecule has 1 atom stereocenters. The summed E-state index contributed by atoms with van der Waals surface area (Å²) >= 11 is 3.44. The summed E-state index contributed by atoms with van der Waals surface area (Å²) in [6, 6.07) is 14.1. The number of benzene rings is 2. The highest BCUT2D eigenvalue weighted by Gasteiger charge is 2.16. The molecule has 6 heteroatoms. The molecule has 1 N–H and O–H groups in total. The summed E-state index contributed by atoms with van der Waals surface area (Å²) in [5, 5.41) is 2.80. The van der Waals surface area contributed by atoms with E-state index in [0.717, 1.165) is 10.0 Å². The Balaban J connectivity index is 1.91. The van der Waals surface area contributed by atoms with Crippen molar-refractivity contribution in [3.63, 3.8) is 0 Å². The lowest BCUT2D eigenvalue weighted by Crippen LogP contribution is -2.31. The fourth-order valence-electron chi connectivity index (χ4n) is 2.21. The van der Waals surface area contributed by atoms with Crippen LogP contribution in [-0.4, -0.2) is 25.6 Å². The van der Waals surface area contributed by atoms with Crippen molar-refractivity contribution >= 4 is 27.8 Å². The summed E-state index contributed by atoms with van der Waals surface area (Å²) in [6.07, 6.45) is 0. The third-order valence-corrected chi connectivity index (χ3v) is 4.13. The Labute approximate surface area is 149 Å². The first-order valence-corrected chi connectivity index (χ1v) is 8.16. The zero-order valence-electron chi connectivity index (χ0n) is 13.4. The van der Waals surface area contributed by atoms with Crippen molar-refractivity contribution in [1.82, 2.24) is 5.32 Å². The molecule has 2 aromatic carbocycles. The Morgan fingerprint density at radius 3 is 2.50 bits per heavy atom. The summed E-state index contributed by atoms with van der Waals surface area (Å²) < 4.78 is 11.1. The van der Waals surface area contributed by atoms with E-state index >= 15 is 0 Å². The molecule has 0 aliphatic carbocycles. The van der Waals surface area contributed by atoms with E-state index in [1.54, 1.807) is 24.3 Å². The van der Waals surface area contributed by atoms with Gasteiger partial charge in [0, 0.05) is 4.47 Å². The maximum Gasteiger partial charge on any atom is 0.342 e. The number of carbonyl (C=O) groups excluding carboxylic acids is 2. The molecular formula is C18H18BrNO4. The first-order valence-electron chi connectivity index (χ1n) is 7.37. The van der Waals surface area contributed by atoms with Gasteiger partial charge in [0.05, 0.1) is 13.2 Å². The lowest BCUT2D eigenvalue weighted by molar-refractivity contribution is -0.124. The van der Waals surface area contributed by atoms with Crippen LogP contribution in [0.4, 0.5) is 0 Å². The predicted octanol–water partition coefficient (Wildman–Crippen LogP) is 3.49. The zero-order chi connectivity index (χ0) is 17.5. The Morgan fingerprint density at radius 2 is 1.79 bits per heavy atom. The van der Waals surface area contributed by atoms with Crippen LogP contribution in [0.2, 0.25) is 0 Å². The summed E-state index contributed by atoms with van der Waals surface area (Å²) in [7, 11) is 1.47. The quantitative estimate of drug-likeness (QED) is 0.765. The molecule has 1 amide bonds. The molecule has 24 heavy (non-hydrogen) atoms. The number of para-hydroxylation sites is 1. The molecule has 126 valence electrons. The SMILES string of the molecule is COc1ccccc1C(=O)OCC(=O)N[C@@H](C)c1ccccc1Br. The number of methoxy groups -OCH3 is 1. The summed E-state index contributed by atoms with van der Waals surface area (Å²) in [6.45, 7) is 1.51. The molecule has 0 fully saturated rings. The molecule has 2 rings (SSSR count). The van der Waals surface area contributed by atoms with E-state index in [1.807, 2.05) is 31.2 Å². The highest BCUT2D eigenvalue weighted by atomic mass is 79.9. The maximum atomic E-state index is 12.0. The van der Waals surface area contributed by atoms with Crippen molar-refractivity contribution in [2.45, 2.75) is 13.0 Å². The third-order valence-electron chi connectivity index (χ3n) is 3.41. The van der Waals surface area contributed by atoms with E-state index < -0.39 is 5.97 Å². The maximum absolute atomic E-state index is 12.0. The molecule has 0 aliphatic heterocycles. The average Bonchev–Trinajstić information content (AvgIpc) is 2.59. The van der Waals surface area contributed by atoms with E-state index in [2.05, 4.69) is 21.2 Å². The van der Waals surface area contributed by atoms with E-state index in [0.29, 0.717) is 5.75 Å². The second kappa shape index (κ2) is 8.49. The highest BCUT2D eigenvalue weighted by Crippen LogP contribution is 2.22. The standard InChI is InChI=1S/C18H18BrNO4/c1-12(13-7-3-5-9-15(13)19)20-17(21)11-24-18(22)14-8-4-6-10-16(14)23-2/h3-10,12H,11H2,1-2H3,(H,20,21)/t12-/m0/s1. The van der Waals surface area contributed by atoms with Gasteiger partial charge in [-0.15, -0.1) is 0 Å². The zero-order valence-corrected chi connectivity index (χ0v) is 15.0. The Hall–Kier alpha value is -2.34. The summed E-state index contributed by atoms with van der Waals surface area (Å²) in [5.74, 6) is -0.567. The third kappa shape index (κ3) is 4.58. The fraction of sp³-hybridized carbons (Fsp3) is 0.222. The lowest BCUT2D eigenvalue weighted by Gasteiger charge is -2.16. The second-order valence-corrected chi connectivity index (χ2v) is 5.94.